The molecule has 1 amide bonds. The first-order chi connectivity index (χ1) is 12.6. The van der Waals surface area contributed by atoms with Crippen LogP contribution in [0.4, 0.5) is 5.69 Å². The molecule has 2 aromatic rings. The van der Waals surface area contributed by atoms with Gasteiger partial charge in [-0.05, 0) is 74.7 Å². The topological polar surface area (TPSA) is 41.6 Å². The molecule has 0 aromatic heterocycles. The van der Waals surface area contributed by atoms with E-state index >= 15 is 0 Å². The van der Waals surface area contributed by atoms with Gasteiger partial charge in [-0.2, -0.15) is 0 Å². The van der Waals surface area contributed by atoms with Crippen LogP contribution in [-0.4, -0.2) is 30.5 Å². The molecule has 3 rings (SSSR count). The van der Waals surface area contributed by atoms with Crippen LogP contribution < -0.4 is 10.1 Å². The van der Waals surface area contributed by atoms with Crippen LogP contribution >= 0.6 is 0 Å². The Bertz CT molecular complexity index is 731. The quantitative estimate of drug-likeness (QED) is 0.807. The lowest BCUT2D eigenvalue weighted by molar-refractivity contribution is -0.116. The molecule has 0 atom stereocenters. The molecule has 4 nitrogen and oxygen atoms in total. The van der Waals surface area contributed by atoms with Crippen LogP contribution in [0, 0.1) is 13.8 Å². The lowest BCUT2D eigenvalue weighted by atomic mass is 10.1. The highest BCUT2D eigenvalue weighted by atomic mass is 16.5. The van der Waals surface area contributed by atoms with E-state index in [0.717, 1.165) is 31.1 Å². The van der Waals surface area contributed by atoms with E-state index in [0.29, 0.717) is 13.0 Å². The number of nitrogens with zero attached hydrogens (tertiary/aromatic N) is 1. The molecule has 1 saturated heterocycles. The molecule has 1 aliphatic rings. The molecule has 26 heavy (non-hydrogen) atoms. The number of aryl methyl sites for hydroxylation is 2. The molecule has 0 bridgehead atoms. The van der Waals surface area contributed by atoms with Crippen molar-refractivity contribution in [2.45, 2.75) is 39.7 Å². The van der Waals surface area contributed by atoms with Gasteiger partial charge in [-0.15, -0.1) is 0 Å². The Morgan fingerprint density at radius 1 is 1.08 bits per heavy atom. The number of carbonyl (C=O) groups excluding carboxylic acids is 1. The molecule has 1 heterocycles. The van der Waals surface area contributed by atoms with Crippen LogP contribution in [0.15, 0.2) is 42.5 Å². The van der Waals surface area contributed by atoms with Gasteiger partial charge in [0, 0.05) is 12.2 Å². The van der Waals surface area contributed by atoms with E-state index < -0.39 is 0 Å². The van der Waals surface area contributed by atoms with Crippen LogP contribution in [0.25, 0.3) is 0 Å². The number of hydrogen-bond acceptors (Lipinski definition) is 3. The number of nitrogens with one attached hydrogen (secondary N) is 1. The predicted molar refractivity (Wildman–Crippen MR) is 106 cm³/mol. The van der Waals surface area contributed by atoms with Gasteiger partial charge >= 0.3 is 0 Å². The molecule has 138 valence electrons. The third-order valence-electron chi connectivity index (χ3n) is 4.68. The number of ether oxygens (including phenoxy) is 1. The first-order valence-electron chi connectivity index (χ1n) is 9.41. The summed E-state index contributed by atoms with van der Waals surface area (Å²) in [6.07, 6.45) is 2.87. The van der Waals surface area contributed by atoms with E-state index in [-0.39, 0.29) is 5.91 Å². The minimum absolute atomic E-state index is 0.0109. The fourth-order valence-electron chi connectivity index (χ4n) is 3.45. The third-order valence-corrected chi connectivity index (χ3v) is 4.68. The number of likely N-dealkylation sites (tertiary alicyclic amines) is 1. The van der Waals surface area contributed by atoms with Gasteiger partial charge in [-0.1, -0.05) is 24.3 Å². The van der Waals surface area contributed by atoms with E-state index in [1.54, 1.807) is 0 Å². The van der Waals surface area contributed by atoms with Gasteiger partial charge in [0.2, 0.25) is 5.91 Å². The van der Waals surface area contributed by atoms with Crippen molar-refractivity contribution in [1.82, 2.24) is 4.90 Å². The Morgan fingerprint density at radius 2 is 1.77 bits per heavy atom. The summed E-state index contributed by atoms with van der Waals surface area (Å²) in [5, 5.41) is 3.05. The molecular weight excluding hydrogens is 324 g/mol. The van der Waals surface area contributed by atoms with Gasteiger partial charge < -0.3 is 10.1 Å². The number of hydrogen-bond donors (Lipinski definition) is 1. The predicted octanol–water partition coefficient (Wildman–Crippen LogP) is 4.31. The number of rotatable bonds is 7. The van der Waals surface area contributed by atoms with E-state index in [1.165, 1.54) is 29.5 Å². The minimum Gasteiger partial charge on any atom is -0.493 e. The fraction of sp³-hybridized carbons (Fsp3) is 0.409. The standard InChI is InChI=1S/C22H28N2O2/c1-17-13-18(2)15-20(14-17)26-12-9-22(25)23-21-8-4-3-7-19(21)16-24-10-5-6-11-24/h3-4,7-8,13-15H,5-6,9-12,16H2,1-2H3,(H,23,25). The zero-order valence-corrected chi connectivity index (χ0v) is 15.8. The van der Waals surface area contributed by atoms with Crippen molar-refractivity contribution in [3.63, 3.8) is 0 Å². The van der Waals surface area contributed by atoms with Gasteiger partial charge in [0.25, 0.3) is 0 Å². The summed E-state index contributed by atoms with van der Waals surface area (Å²) < 4.78 is 5.74. The summed E-state index contributed by atoms with van der Waals surface area (Å²) in [7, 11) is 0. The van der Waals surface area contributed by atoms with Crippen molar-refractivity contribution in [3.8, 4) is 5.75 Å². The van der Waals surface area contributed by atoms with Crippen LogP contribution in [0.5, 0.6) is 5.75 Å². The normalized spacial score (nSPS) is 14.4. The number of para-hydroxylation sites is 1. The van der Waals surface area contributed by atoms with Gasteiger partial charge in [0.05, 0.1) is 13.0 Å². The second kappa shape index (κ2) is 8.86. The maximum atomic E-state index is 12.3. The van der Waals surface area contributed by atoms with Gasteiger partial charge in [0.1, 0.15) is 5.75 Å². The van der Waals surface area contributed by atoms with Gasteiger partial charge in [0.15, 0.2) is 0 Å². The van der Waals surface area contributed by atoms with Crippen molar-refractivity contribution >= 4 is 11.6 Å². The Kier molecular flexibility index (Phi) is 6.29. The first kappa shape index (κ1) is 18.5. The lowest BCUT2D eigenvalue weighted by Gasteiger charge is -2.18. The summed E-state index contributed by atoms with van der Waals surface area (Å²) in [6.45, 7) is 7.66. The summed E-state index contributed by atoms with van der Waals surface area (Å²) in [4.78, 5) is 14.8. The van der Waals surface area contributed by atoms with Crippen molar-refractivity contribution in [2.24, 2.45) is 0 Å². The highest BCUT2D eigenvalue weighted by Crippen LogP contribution is 2.20. The Balaban J connectivity index is 1.51. The number of carbonyl (C=O) groups is 1. The monoisotopic (exact) mass is 352 g/mol. The zero-order chi connectivity index (χ0) is 18.4. The van der Waals surface area contributed by atoms with Crippen molar-refractivity contribution in [1.29, 1.82) is 0 Å². The number of amides is 1. The number of anilines is 1. The Labute approximate surface area is 156 Å². The molecule has 2 aromatic carbocycles. The maximum Gasteiger partial charge on any atom is 0.227 e. The van der Waals surface area contributed by atoms with Crippen molar-refractivity contribution in [3.05, 3.63) is 59.2 Å². The highest BCUT2D eigenvalue weighted by Gasteiger charge is 2.14. The summed E-state index contributed by atoms with van der Waals surface area (Å²) in [5.74, 6) is 0.813. The zero-order valence-electron chi connectivity index (χ0n) is 15.8. The molecule has 0 radical (unpaired) electrons. The van der Waals surface area contributed by atoms with Crippen LogP contribution in [0.3, 0.4) is 0 Å². The summed E-state index contributed by atoms with van der Waals surface area (Å²) in [6, 6.07) is 14.2. The highest BCUT2D eigenvalue weighted by molar-refractivity contribution is 5.91. The maximum absolute atomic E-state index is 12.3. The van der Waals surface area contributed by atoms with Crippen LogP contribution in [0.2, 0.25) is 0 Å². The van der Waals surface area contributed by atoms with E-state index in [4.69, 9.17) is 4.74 Å². The molecule has 0 aliphatic carbocycles. The molecule has 1 fully saturated rings. The third kappa shape index (κ3) is 5.33. The molecule has 0 spiro atoms. The lowest BCUT2D eigenvalue weighted by Crippen LogP contribution is -2.21. The molecular formula is C22H28N2O2. The SMILES string of the molecule is Cc1cc(C)cc(OCCC(=O)Nc2ccccc2CN2CCCC2)c1. The average molecular weight is 352 g/mol. The molecule has 4 heteroatoms. The largest absolute Gasteiger partial charge is 0.493 e. The summed E-state index contributed by atoms with van der Waals surface area (Å²) in [5.41, 5.74) is 4.43. The molecule has 0 saturated carbocycles. The second-order valence-corrected chi connectivity index (χ2v) is 7.11. The average Bonchev–Trinajstić information content (AvgIpc) is 3.09. The van der Waals surface area contributed by atoms with Gasteiger partial charge in [-0.3, -0.25) is 9.69 Å². The Morgan fingerprint density at radius 3 is 2.50 bits per heavy atom. The van der Waals surface area contributed by atoms with E-state index in [9.17, 15) is 4.79 Å². The van der Waals surface area contributed by atoms with Crippen molar-refractivity contribution in [2.75, 3.05) is 25.0 Å². The summed E-state index contributed by atoms with van der Waals surface area (Å²) >= 11 is 0. The number of benzene rings is 2. The van der Waals surface area contributed by atoms with Crippen LogP contribution in [0.1, 0.15) is 36.0 Å². The molecule has 0 unspecified atom stereocenters. The Hall–Kier alpha value is -2.33. The molecule has 1 aliphatic heterocycles. The van der Waals surface area contributed by atoms with E-state index in [2.05, 4.69) is 22.3 Å². The first-order valence-corrected chi connectivity index (χ1v) is 9.41. The van der Waals surface area contributed by atoms with Crippen molar-refractivity contribution < 1.29 is 9.53 Å². The van der Waals surface area contributed by atoms with Crippen LogP contribution in [-0.2, 0) is 11.3 Å². The fourth-order valence-corrected chi connectivity index (χ4v) is 3.45. The smallest absolute Gasteiger partial charge is 0.227 e. The second-order valence-electron chi connectivity index (χ2n) is 7.11. The van der Waals surface area contributed by atoms with Gasteiger partial charge in [-0.25, -0.2) is 0 Å². The molecule has 1 N–H and O–H groups in total. The minimum atomic E-state index is -0.0109. The van der Waals surface area contributed by atoms with E-state index in [1.807, 2.05) is 44.2 Å².